The zero-order valence-corrected chi connectivity index (χ0v) is 14.5. The van der Waals surface area contributed by atoms with E-state index in [9.17, 15) is 18.7 Å². The molecule has 0 spiro atoms. The van der Waals surface area contributed by atoms with Gasteiger partial charge in [-0.1, -0.05) is 0 Å². The van der Waals surface area contributed by atoms with Crippen LogP contribution in [0.3, 0.4) is 0 Å². The van der Waals surface area contributed by atoms with Crippen molar-refractivity contribution in [3.63, 3.8) is 0 Å². The van der Waals surface area contributed by atoms with Gasteiger partial charge in [-0.2, -0.15) is 5.10 Å². The minimum atomic E-state index is -2.61. The number of fused-ring (bicyclic) bond motifs is 1. The highest BCUT2D eigenvalue weighted by atomic mass is 19.3. The number of hydrogen-bond donors (Lipinski definition) is 1. The lowest BCUT2D eigenvalue weighted by atomic mass is 9.99. The van der Waals surface area contributed by atoms with Crippen LogP contribution in [0.4, 0.5) is 8.78 Å². The lowest BCUT2D eigenvalue weighted by Gasteiger charge is -2.10. The molecule has 2 aromatic heterocycles. The molecule has 0 bridgehead atoms. The molecule has 0 aliphatic heterocycles. The number of benzene rings is 1. The van der Waals surface area contributed by atoms with Crippen LogP contribution in [0.15, 0.2) is 30.5 Å². The van der Waals surface area contributed by atoms with E-state index in [4.69, 9.17) is 4.74 Å². The summed E-state index contributed by atoms with van der Waals surface area (Å²) in [5.74, 6) is -0.133. The third-order valence-electron chi connectivity index (χ3n) is 4.56. The molecule has 0 amide bonds. The number of halogens is 2. The molecule has 4 rings (SSSR count). The summed E-state index contributed by atoms with van der Waals surface area (Å²) in [5.41, 5.74) is 1.62. The molecular formula is C19H17F2N3O3. The van der Waals surface area contributed by atoms with Crippen LogP contribution in [0.1, 0.15) is 40.4 Å². The van der Waals surface area contributed by atoms with Crippen LogP contribution in [-0.2, 0) is 7.05 Å². The van der Waals surface area contributed by atoms with E-state index in [1.165, 1.54) is 16.9 Å². The highest BCUT2D eigenvalue weighted by Gasteiger charge is 2.34. The number of pyridine rings is 1. The molecule has 8 heteroatoms. The number of aromatic nitrogens is 3. The van der Waals surface area contributed by atoms with Crippen molar-refractivity contribution in [2.75, 3.05) is 6.61 Å². The SMILES string of the molecule is Cn1nc(C2CC2)c(C(=O)c2ccc3nccc(OCC(F)F)c3c2)c1O. The van der Waals surface area contributed by atoms with E-state index < -0.39 is 13.0 Å². The zero-order valence-electron chi connectivity index (χ0n) is 14.5. The standard InChI is InChI=1S/C19H17F2N3O3/c1-24-19(26)16(17(23-24)10-2-3-10)18(25)11-4-5-13-12(8-11)14(6-7-22-13)27-9-15(20)21/h4-8,10,15,26H,2-3,9H2,1H3. The molecule has 0 unspecified atom stereocenters. The van der Waals surface area contributed by atoms with E-state index in [2.05, 4.69) is 10.1 Å². The Labute approximate surface area is 153 Å². The van der Waals surface area contributed by atoms with E-state index in [-0.39, 0.29) is 28.9 Å². The van der Waals surface area contributed by atoms with Crippen molar-refractivity contribution in [1.82, 2.24) is 14.8 Å². The molecule has 1 aromatic carbocycles. The third kappa shape index (κ3) is 3.22. The average Bonchev–Trinajstić information content (AvgIpc) is 3.45. The summed E-state index contributed by atoms with van der Waals surface area (Å²) in [6.45, 7) is -0.744. The summed E-state index contributed by atoms with van der Waals surface area (Å²) in [6, 6.07) is 6.25. The Morgan fingerprint density at radius 1 is 1.37 bits per heavy atom. The fourth-order valence-electron chi connectivity index (χ4n) is 3.08. The lowest BCUT2D eigenvalue weighted by Crippen LogP contribution is -2.08. The van der Waals surface area contributed by atoms with Gasteiger partial charge in [0.1, 0.15) is 17.9 Å². The van der Waals surface area contributed by atoms with Crippen LogP contribution in [0, 0.1) is 0 Å². The second-order valence-electron chi connectivity index (χ2n) is 6.55. The molecule has 27 heavy (non-hydrogen) atoms. The molecule has 1 fully saturated rings. The predicted octanol–water partition coefficient (Wildman–Crippen LogP) is 3.43. The first kappa shape index (κ1) is 17.4. The first-order valence-corrected chi connectivity index (χ1v) is 8.56. The number of hydrogen-bond acceptors (Lipinski definition) is 5. The number of carbonyl (C=O) groups is 1. The summed E-state index contributed by atoms with van der Waals surface area (Å²) in [4.78, 5) is 17.2. The fourth-order valence-corrected chi connectivity index (χ4v) is 3.08. The van der Waals surface area contributed by atoms with Crippen molar-refractivity contribution in [2.24, 2.45) is 7.05 Å². The molecule has 1 saturated carbocycles. The van der Waals surface area contributed by atoms with Crippen LogP contribution < -0.4 is 4.74 Å². The van der Waals surface area contributed by atoms with Crippen LogP contribution in [0.2, 0.25) is 0 Å². The molecule has 0 atom stereocenters. The first-order chi connectivity index (χ1) is 13.0. The highest BCUT2D eigenvalue weighted by Crippen LogP contribution is 2.43. The van der Waals surface area contributed by atoms with Crippen molar-refractivity contribution in [1.29, 1.82) is 0 Å². The minimum Gasteiger partial charge on any atom is -0.493 e. The van der Waals surface area contributed by atoms with Crippen LogP contribution >= 0.6 is 0 Å². The Morgan fingerprint density at radius 3 is 2.85 bits per heavy atom. The molecule has 1 aliphatic rings. The van der Waals surface area contributed by atoms with E-state index in [0.29, 0.717) is 22.2 Å². The van der Waals surface area contributed by atoms with Gasteiger partial charge >= 0.3 is 0 Å². The minimum absolute atomic E-state index is 0.178. The van der Waals surface area contributed by atoms with Gasteiger partial charge in [0.2, 0.25) is 5.88 Å². The summed E-state index contributed by atoms with van der Waals surface area (Å²) in [7, 11) is 1.58. The maximum Gasteiger partial charge on any atom is 0.272 e. The highest BCUT2D eigenvalue weighted by molar-refractivity contribution is 6.13. The van der Waals surface area contributed by atoms with E-state index in [1.807, 2.05) is 0 Å². The summed E-state index contributed by atoms with van der Waals surface area (Å²) < 4.78 is 31.4. The Hall–Kier alpha value is -3.03. The molecule has 1 N–H and O–H groups in total. The summed E-state index contributed by atoms with van der Waals surface area (Å²) in [5, 5.41) is 15.0. The summed E-state index contributed by atoms with van der Waals surface area (Å²) in [6.07, 6.45) is 0.725. The number of ketones is 1. The van der Waals surface area contributed by atoms with E-state index >= 15 is 0 Å². The monoisotopic (exact) mass is 373 g/mol. The molecule has 140 valence electrons. The van der Waals surface area contributed by atoms with Gasteiger partial charge in [-0.25, -0.2) is 13.5 Å². The maximum absolute atomic E-state index is 13.1. The number of aromatic hydroxyl groups is 1. The normalized spacial score (nSPS) is 14.1. The van der Waals surface area contributed by atoms with Crippen LogP contribution in [0.5, 0.6) is 11.6 Å². The van der Waals surface area contributed by atoms with Crippen LogP contribution in [-0.4, -0.2) is 38.7 Å². The number of rotatable bonds is 6. The maximum atomic E-state index is 13.1. The Kier molecular flexibility index (Phi) is 4.25. The van der Waals surface area contributed by atoms with Crippen molar-refractivity contribution in [3.05, 3.63) is 47.3 Å². The first-order valence-electron chi connectivity index (χ1n) is 8.56. The van der Waals surface area contributed by atoms with Gasteiger partial charge in [-0.05, 0) is 37.1 Å². The number of carbonyl (C=O) groups excluding carboxylic acids is 1. The number of alkyl halides is 2. The Bertz CT molecular complexity index is 1030. The molecule has 0 radical (unpaired) electrons. The summed E-state index contributed by atoms with van der Waals surface area (Å²) >= 11 is 0. The van der Waals surface area contributed by atoms with Gasteiger partial charge < -0.3 is 9.84 Å². The average molecular weight is 373 g/mol. The van der Waals surface area contributed by atoms with Gasteiger partial charge in [-0.3, -0.25) is 9.78 Å². The molecule has 1 aliphatic carbocycles. The van der Waals surface area contributed by atoms with Crippen molar-refractivity contribution < 1.29 is 23.4 Å². The Morgan fingerprint density at radius 2 is 2.15 bits per heavy atom. The largest absolute Gasteiger partial charge is 0.493 e. The van der Waals surface area contributed by atoms with Crippen LogP contribution in [0.25, 0.3) is 10.9 Å². The van der Waals surface area contributed by atoms with E-state index in [1.54, 1.807) is 25.2 Å². The lowest BCUT2D eigenvalue weighted by molar-refractivity contribution is 0.0826. The van der Waals surface area contributed by atoms with Gasteiger partial charge in [0.15, 0.2) is 5.78 Å². The van der Waals surface area contributed by atoms with Crippen molar-refractivity contribution in [3.8, 4) is 11.6 Å². The topological polar surface area (TPSA) is 77.2 Å². The van der Waals surface area contributed by atoms with Gasteiger partial charge in [0.25, 0.3) is 6.43 Å². The molecule has 6 nitrogen and oxygen atoms in total. The number of aryl methyl sites for hydroxylation is 1. The Balaban J connectivity index is 1.76. The molecule has 0 saturated heterocycles. The van der Waals surface area contributed by atoms with Gasteiger partial charge in [-0.15, -0.1) is 0 Å². The van der Waals surface area contributed by atoms with E-state index in [0.717, 1.165) is 12.8 Å². The number of ether oxygens (including phenoxy) is 1. The van der Waals surface area contributed by atoms with Gasteiger partial charge in [0.05, 0.1) is 11.2 Å². The van der Waals surface area contributed by atoms with Crippen molar-refractivity contribution in [2.45, 2.75) is 25.2 Å². The van der Waals surface area contributed by atoms with Gasteiger partial charge in [0, 0.05) is 30.1 Å². The van der Waals surface area contributed by atoms with Crippen molar-refractivity contribution >= 4 is 16.7 Å². The second kappa shape index (κ2) is 6.61. The zero-order chi connectivity index (χ0) is 19.1. The molecule has 3 aromatic rings. The predicted molar refractivity (Wildman–Crippen MR) is 93.5 cm³/mol. The number of nitrogens with zero attached hydrogens (tertiary/aromatic N) is 3. The molecule has 2 heterocycles. The third-order valence-corrected chi connectivity index (χ3v) is 4.56. The fraction of sp³-hybridized carbons (Fsp3) is 0.316. The smallest absolute Gasteiger partial charge is 0.272 e. The second-order valence-corrected chi connectivity index (χ2v) is 6.55. The molecular weight excluding hydrogens is 356 g/mol. The quantitative estimate of drug-likeness (QED) is 0.670.